The number of β-amino-alcohol motifs (C(OH)–C–C–N with tert-alkyl or cyclic N) is 1. The lowest BCUT2D eigenvalue weighted by molar-refractivity contribution is 0.0153. The molecule has 1 unspecified atom stereocenters. The third-order valence-corrected chi connectivity index (χ3v) is 3.86. The van der Waals surface area contributed by atoms with E-state index in [1.54, 1.807) is 11.3 Å². The SMILES string of the molecule is Cc1ccsc1C1(O)CCCNC1. The summed E-state index contributed by atoms with van der Waals surface area (Å²) in [5.74, 6) is 0. The third kappa shape index (κ3) is 1.64. The molecule has 1 fully saturated rings. The quantitative estimate of drug-likeness (QED) is 0.717. The molecule has 0 amide bonds. The molecule has 0 bridgehead atoms. The summed E-state index contributed by atoms with van der Waals surface area (Å²) in [5, 5.41) is 15.7. The van der Waals surface area contributed by atoms with Gasteiger partial charge in [0.05, 0.1) is 0 Å². The minimum absolute atomic E-state index is 0.601. The van der Waals surface area contributed by atoms with Crippen LogP contribution in [-0.4, -0.2) is 18.2 Å². The molecule has 0 aromatic carbocycles. The molecule has 0 aliphatic carbocycles. The Labute approximate surface area is 82.6 Å². The Hall–Kier alpha value is -0.380. The lowest BCUT2D eigenvalue weighted by atomic mass is 9.91. The Kier molecular flexibility index (Phi) is 2.41. The van der Waals surface area contributed by atoms with Gasteiger partial charge in [0.25, 0.3) is 0 Å². The highest BCUT2D eigenvalue weighted by Gasteiger charge is 2.33. The van der Waals surface area contributed by atoms with Crippen LogP contribution in [0, 0.1) is 6.92 Å². The van der Waals surface area contributed by atoms with Crippen LogP contribution in [0.4, 0.5) is 0 Å². The number of aliphatic hydroxyl groups is 1. The molecule has 1 saturated heterocycles. The first-order chi connectivity index (χ1) is 6.22. The van der Waals surface area contributed by atoms with Gasteiger partial charge in [0.2, 0.25) is 0 Å². The summed E-state index contributed by atoms with van der Waals surface area (Å²) in [4.78, 5) is 1.14. The molecule has 13 heavy (non-hydrogen) atoms. The van der Waals surface area contributed by atoms with Gasteiger partial charge >= 0.3 is 0 Å². The van der Waals surface area contributed by atoms with E-state index in [0.717, 1.165) is 24.3 Å². The lowest BCUT2D eigenvalue weighted by Gasteiger charge is -2.32. The van der Waals surface area contributed by atoms with Crippen molar-refractivity contribution in [2.75, 3.05) is 13.1 Å². The molecule has 2 N–H and O–H groups in total. The first-order valence-corrected chi connectivity index (χ1v) is 5.58. The molecule has 2 rings (SSSR count). The smallest absolute Gasteiger partial charge is 0.111 e. The van der Waals surface area contributed by atoms with Crippen molar-refractivity contribution in [1.82, 2.24) is 5.32 Å². The molecule has 1 aromatic rings. The largest absolute Gasteiger partial charge is 0.383 e. The number of aryl methyl sites for hydroxylation is 1. The summed E-state index contributed by atoms with van der Waals surface area (Å²) in [7, 11) is 0. The zero-order chi connectivity index (χ0) is 9.31. The van der Waals surface area contributed by atoms with Gasteiger partial charge in [0, 0.05) is 11.4 Å². The molecule has 2 heterocycles. The fourth-order valence-electron chi connectivity index (χ4n) is 1.93. The molecule has 1 aliphatic rings. The lowest BCUT2D eigenvalue weighted by Crippen LogP contribution is -2.43. The Morgan fingerprint density at radius 1 is 1.62 bits per heavy atom. The van der Waals surface area contributed by atoms with Crippen LogP contribution in [0.15, 0.2) is 11.4 Å². The van der Waals surface area contributed by atoms with E-state index >= 15 is 0 Å². The van der Waals surface area contributed by atoms with Crippen LogP contribution >= 0.6 is 11.3 Å². The second-order valence-electron chi connectivity index (χ2n) is 3.74. The van der Waals surface area contributed by atoms with Crippen LogP contribution in [0.3, 0.4) is 0 Å². The summed E-state index contributed by atoms with van der Waals surface area (Å²) in [6.07, 6.45) is 1.95. The average Bonchev–Trinajstić information content (AvgIpc) is 2.53. The van der Waals surface area contributed by atoms with Gasteiger partial charge in [-0.2, -0.15) is 0 Å². The molecule has 3 heteroatoms. The average molecular weight is 197 g/mol. The molecule has 0 saturated carbocycles. The summed E-state index contributed by atoms with van der Waals surface area (Å²) in [5.41, 5.74) is 0.618. The van der Waals surface area contributed by atoms with Crippen LogP contribution < -0.4 is 5.32 Å². The van der Waals surface area contributed by atoms with Crippen molar-refractivity contribution in [2.24, 2.45) is 0 Å². The number of rotatable bonds is 1. The maximum atomic E-state index is 10.4. The summed E-state index contributed by atoms with van der Waals surface area (Å²) < 4.78 is 0. The number of nitrogens with one attached hydrogen (secondary N) is 1. The van der Waals surface area contributed by atoms with Crippen molar-refractivity contribution in [3.63, 3.8) is 0 Å². The number of thiophene rings is 1. The second-order valence-corrected chi connectivity index (χ2v) is 4.66. The van der Waals surface area contributed by atoms with Crippen molar-refractivity contribution in [2.45, 2.75) is 25.4 Å². The van der Waals surface area contributed by atoms with E-state index in [9.17, 15) is 5.11 Å². The van der Waals surface area contributed by atoms with Gasteiger partial charge in [-0.3, -0.25) is 0 Å². The molecular weight excluding hydrogens is 182 g/mol. The van der Waals surface area contributed by atoms with Gasteiger partial charge in [-0.05, 0) is 43.3 Å². The number of hydrogen-bond donors (Lipinski definition) is 2. The second kappa shape index (κ2) is 3.40. The topological polar surface area (TPSA) is 32.3 Å². The number of hydrogen-bond acceptors (Lipinski definition) is 3. The predicted octanol–water partition coefficient (Wildman–Crippen LogP) is 1.63. The third-order valence-electron chi connectivity index (χ3n) is 2.65. The Bertz CT molecular complexity index is 289. The Balaban J connectivity index is 2.27. The van der Waals surface area contributed by atoms with E-state index in [1.807, 2.05) is 0 Å². The van der Waals surface area contributed by atoms with Gasteiger partial charge in [-0.15, -0.1) is 11.3 Å². The van der Waals surface area contributed by atoms with Crippen molar-refractivity contribution in [1.29, 1.82) is 0 Å². The van der Waals surface area contributed by atoms with Gasteiger partial charge in [0.15, 0.2) is 0 Å². The minimum atomic E-state index is -0.601. The standard InChI is InChI=1S/C10H15NOS/c1-8-3-6-13-9(8)10(12)4-2-5-11-7-10/h3,6,11-12H,2,4-5,7H2,1H3. The summed E-state index contributed by atoms with van der Waals surface area (Å²) >= 11 is 1.66. The monoisotopic (exact) mass is 197 g/mol. The maximum Gasteiger partial charge on any atom is 0.111 e. The zero-order valence-electron chi connectivity index (χ0n) is 7.84. The van der Waals surface area contributed by atoms with Gasteiger partial charge in [0.1, 0.15) is 5.60 Å². The van der Waals surface area contributed by atoms with E-state index in [2.05, 4.69) is 23.7 Å². The van der Waals surface area contributed by atoms with E-state index in [1.165, 1.54) is 5.56 Å². The van der Waals surface area contributed by atoms with Gasteiger partial charge in [-0.25, -0.2) is 0 Å². The zero-order valence-corrected chi connectivity index (χ0v) is 8.66. The molecule has 1 aliphatic heterocycles. The first-order valence-electron chi connectivity index (χ1n) is 4.70. The maximum absolute atomic E-state index is 10.4. The molecule has 0 radical (unpaired) electrons. The fourth-order valence-corrected chi connectivity index (χ4v) is 2.99. The van der Waals surface area contributed by atoms with Crippen molar-refractivity contribution in [3.05, 3.63) is 21.9 Å². The summed E-state index contributed by atoms with van der Waals surface area (Å²) in [6, 6.07) is 2.08. The highest BCUT2D eigenvalue weighted by molar-refractivity contribution is 7.10. The highest BCUT2D eigenvalue weighted by Crippen LogP contribution is 2.34. The molecule has 1 atom stereocenters. The predicted molar refractivity (Wildman–Crippen MR) is 55.1 cm³/mol. The van der Waals surface area contributed by atoms with Crippen LogP contribution in [0.5, 0.6) is 0 Å². The minimum Gasteiger partial charge on any atom is -0.383 e. The van der Waals surface area contributed by atoms with Crippen LogP contribution in [0.2, 0.25) is 0 Å². The van der Waals surface area contributed by atoms with E-state index < -0.39 is 5.60 Å². The van der Waals surface area contributed by atoms with Gasteiger partial charge in [-0.1, -0.05) is 0 Å². The summed E-state index contributed by atoms with van der Waals surface area (Å²) in [6.45, 7) is 3.81. The Morgan fingerprint density at radius 3 is 3.00 bits per heavy atom. The molecule has 72 valence electrons. The molecule has 1 aromatic heterocycles. The van der Waals surface area contributed by atoms with Crippen LogP contribution in [0.25, 0.3) is 0 Å². The molecule has 0 spiro atoms. The van der Waals surface area contributed by atoms with Crippen molar-refractivity contribution in [3.8, 4) is 0 Å². The first kappa shape index (κ1) is 9.19. The van der Waals surface area contributed by atoms with Crippen LogP contribution in [0.1, 0.15) is 23.3 Å². The number of piperidine rings is 1. The van der Waals surface area contributed by atoms with Crippen molar-refractivity contribution < 1.29 is 5.11 Å². The molecule has 2 nitrogen and oxygen atoms in total. The van der Waals surface area contributed by atoms with Crippen molar-refractivity contribution >= 4 is 11.3 Å². The van der Waals surface area contributed by atoms with E-state index in [-0.39, 0.29) is 0 Å². The normalized spacial score (nSPS) is 29.1. The van der Waals surface area contributed by atoms with E-state index in [0.29, 0.717) is 6.54 Å². The van der Waals surface area contributed by atoms with E-state index in [4.69, 9.17) is 0 Å². The van der Waals surface area contributed by atoms with Gasteiger partial charge < -0.3 is 10.4 Å². The molecular formula is C10H15NOS. The highest BCUT2D eigenvalue weighted by atomic mass is 32.1. The fraction of sp³-hybridized carbons (Fsp3) is 0.600. The Morgan fingerprint density at radius 2 is 2.46 bits per heavy atom. The van der Waals surface area contributed by atoms with Crippen LogP contribution in [-0.2, 0) is 5.60 Å².